The fraction of sp³-hybridized carbons (Fsp3) is 0.500. The van der Waals surface area contributed by atoms with E-state index in [1.165, 1.54) is 0 Å². The minimum atomic E-state index is -0.652. The van der Waals surface area contributed by atoms with Gasteiger partial charge in [-0.05, 0) is 18.2 Å². The molecule has 96 valence electrons. The van der Waals surface area contributed by atoms with E-state index in [0.717, 1.165) is 0 Å². The number of nitrogens with one attached hydrogen (secondary N) is 1. The van der Waals surface area contributed by atoms with Crippen LogP contribution in [0.5, 0.6) is 5.75 Å². The van der Waals surface area contributed by atoms with Crippen LogP contribution < -0.4 is 10.1 Å². The van der Waals surface area contributed by atoms with Crippen LogP contribution in [0.25, 0.3) is 0 Å². The molecule has 0 aliphatic rings. The van der Waals surface area contributed by atoms with E-state index in [4.69, 9.17) is 21.1 Å². The lowest BCUT2D eigenvalue weighted by atomic mass is 10.1. The van der Waals surface area contributed by atoms with Crippen molar-refractivity contribution in [1.29, 1.82) is 0 Å². The van der Waals surface area contributed by atoms with Gasteiger partial charge in [0.2, 0.25) is 0 Å². The summed E-state index contributed by atoms with van der Waals surface area (Å²) in [4.78, 5) is 0. The largest absolute Gasteiger partial charge is 0.496 e. The van der Waals surface area contributed by atoms with Crippen molar-refractivity contribution in [3.63, 3.8) is 0 Å². The van der Waals surface area contributed by atoms with Crippen LogP contribution in [0.3, 0.4) is 0 Å². The Labute approximate surface area is 106 Å². The van der Waals surface area contributed by atoms with Crippen molar-refractivity contribution >= 4 is 11.6 Å². The van der Waals surface area contributed by atoms with E-state index in [0.29, 0.717) is 36.0 Å². The topological polar surface area (TPSA) is 50.7 Å². The second-order valence-corrected chi connectivity index (χ2v) is 4.04. The van der Waals surface area contributed by atoms with Crippen molar-refractivity contribution in [1.82, 2.24) is 5.32 Å². The first-order valence-corrected chi connectivity index (χ1v) is 5.78. The summed E-state index contributed by atoms with van der Waals surface area (Å²) >= 11 is 5.89. The normalized spacial score (nSPS) is 12.5. The molecule has 5 heteroatoms. The van der Waals surface area contributed by atoms with Gasteiger partial charge in [0.05, 0.1) is 19.8 Å². The molecular formula is C12H18ClNO3. The molecule has 0 aliphatic heterocycles. The Bertz CT molecular complexity index is 347. The summed E-state index contributed by atoms with van der Waals surface area (Å²) in [5, 5.41) is 13.7. The molecule has 0 fully saturated rings. The number of ether oxygens (including phenoxy) is 2. The highest BCUT2D eigenvalue weighted by Gasteiger charge is 2.13. The summed E-state index contributed by atoms with van der Waals surface area (Å²) in [6, 6.07) is 5.19. The van der Waals surface area contributed by atoms with Gasteiger partial charge in [0.25, 0.3) is 0 Å². The third-order valence-electron chi connectivity index (χ3n) is 2.37. The van der Waals surface area contributed by atoms with E-state index < -0.39 is 6.10 Å². The third-order valence-corrected chi connectivity index (χ3v) is 2.61. The van der Waals surface area contributed by atoms with E-state index in [9.17, 15) is 5.11 Å². The number of halogens is 1. The van der Waals surface area contributed by atoms with E-state index >= 15 is 0 Å². The quantitative estimate of drug-likeness (QED) is 0.731. The first-order valence-electron chi connectivity index (χ1n) is 5.40. The molecular weight excluding hydrogens is 242 g/mol. The van der Waals surface area contributed by atoms with Crippen molar-refractivity contribution in [2.45, 2.75) is 6.10 Å². The predicted molar refractivity (Wildman–Crippen MR) is 67.7 cm³/mol. The van der Waals surface area contributed by atoms with Gasteiger partial charge in [-0.2, -0.15) is 0 Å². The van der Waals surface area contributed by atoms with E-state index in [1.807, 2.05) is 0 Å². The average molecular weight is 260 g/mol. The molecule has 1 rings (SSSR count). The monoisotopic (exact) mass is 259 g/mol. The fourth-order valence-corrected chi connectivity index (χ4v) is 1.67. The van der Waals surface area contributed by atoms with Gasteiger partial charge in [0.1, 0.15) is 5.75 Å². The van der Waals surface area contributed by atoms with Crippen molar-refractivity contribution in [2.24, 2.45) is 0 Å². The summed E-state index contributed by atoms with van der Waals surface area (Å²) in [5.41, 5.74) is 0.685. The fourth-order valence-electron chi connectivity index (χ4n) is 1.49. The molecule has 17 heavy (non-hydrogen) atoms. The highest BCUT2D eigenvalue weighted by Crippen LogP contribution is 2.27. The third kappa shape index (κ3) is 4.52. The lowest BCUT2D eigenvalue weighted by Gasteiger charge is -2.15. The molecule has 0 saturated carbocycles. The molecule has 0 heterocycles. The van der Waals surface area contributed by atoms with Crippen LogP contribution in [-0.4, -0.2) is 39.0 Å². The molecule has 0 bridgehead atoms. The first kappa shape index (κ1) is 14.3. The number of hydrogen-bond acceptors (Lipinski definition) is 4. The molecule has 1 aromatic carbocycles. The molecule has 1 atom stereocenters. The van der Waals surface area contributed by atoms with Gasteiger partial charge in [-0.25, -0.2) is 0 Å². The minimum Gasteiger partial charge on any atom is -0.496 e. The Balaban J connectivity index is 2.60. The highest BCUT2D eigenvalue weighted by molar-refractivity contribution is 6.30. The average Bonchev–Trinajstić information content (AvgIpc) is 2.34. The summed E-state index contributed by atoms with van der Waals surface area (Å²) in [6.07, 6.45) is -0.652. The van der Waals surface area contributed by atoms with Crippen LogP contribution in [-0.2, 0) is 4.74 Å². The first-order chi connectivity index (χ1) is 8.19. The Morgan fingerprint density at radius 1 is 1.41 bits per heavy atom. The second kappa shape index (κ2) is 7.50. The maximum atomic E-state index is 10.0. The zero-order valence-electron chi connectivity index (χ0n) is 10.1. The molecule has 0 aromatic heterocycles. The smallest absolute Gasteiger partial charge is 0.124 e. The van der Waals surface area contributed by atoms with Crippen LogP contribution in [0.1, 0.15) is 11.7 Å². The maximum absolute atomic E-state index is 10.0. The van der Waals surface area contributed by atoms with Crippen molar-refractivity contribution in [3.05, 3.63) is 28.8 Å². The molecule has 0 radical (unpaired) electrons. The summed E-state index contributed by atoms with van der Waals surface area (Å²) in [7, 11) is 3.20. The summed E-state index contributed by atoms with van der Waals surface area (Å²) in [6.45, 7) is 1.73. The van der Waals surface area contributed by atoms with E-state index in [1.54, 1.807) is 32.4 Å². The number of methoxy groups -OCH3 is 2. The van der Waals surface area contributed by atoms with Crippen LogP contribution in [0, 0.1) is 0 Å². The Kier molecular flexibility index (Phi) is 6.29. The van der Waals surface area contributed by atoms with Crippen molar-refractivity contribution < 1.29 is 14.6 Å². The zero-order chi connectivity index (χ0) is 12.7. The number of rotatable bonds is 7. The number of aliphatic hydroxyl groups excluding tert-OH is 1. The van der Waals surface area contributed by atoms with Gasteiger partial charge in [0.15, 0.2) is 0 Å². The number of hydrogen-bond donors (Lipinski definition) is 2. The Morgan fingerprint density at radius 3 is 2.82 bits per heavy atom. The summed E-state index contributed by atoms with van der Waals surface area (Å²) < 4.78 is 10.1. The predicted octanol–water partition coefficient (Wildman–Crippen LogP) is 1.62. The van der Waals surface area contributed by atoms with Crippen molar-refractivity contribution in [2.75, 3.05) is 33.9 Å². The van der Waals surface area contributed by atoms with E-state index in [2.05, 4.69) is 5.32 Å². The lowest BCUT2D eigenvalue weighted by molar-refractivity contribution is 0.159. The zero-order valence-corrected chi connectivity index (χ0v) is 10.8. The maximum Gasteiger partial charge on any atom is 0.124 e. The van der Waals surface area contributed by atoms with Crippen LogP contribution in [0.15, 0.2) is 18.2 Å². The lowest BCUT2D eigenvalue weighted by Crippen LogP contribution is -2.25. The molecule has 1 aromatic rings. The molecule has 2 N–H and O–H groups in total. The van der Waals surface area contributed by atoms with Gasteiger partial charge < -0.3 is 19.9 Å². The van der Waals surface area contributed by atoms with Crippen LogP contribution >= 0.6 is 11.6 Å². The van der Waals surface area contributed by atoms with Gasteiger partial charge in [-0.1, -0.05) is 11.6 Å². The number of benzene rings is 1. The van der Waals surface area contributed by atoms with Gasteiger partial charge in [0, 0.05) is 30.8 Å². The van der Waals surface area contributed by atoms with Crippen molar-refractivity contribution in [3.8, 4) is 5.75 Å². The summed E-state index contributed by atoms with van der Waals surface area (Å²) in [5.74, 6) is 0.635. The Hall–Kier alpha value is -0.810. The standard InChI is InChI=1S/C12H18ClNO3/c1-16-6-5-14-8-11(15)10-7-9(13)3-4-12(10)17-2/h3-4,7,11,14-15H,5-6,8H2,1-2H3. The van der Waals surface area contributed by atoms with Gasteiger partial charge >= 0.3 is 0 Å². The van der Waals surface area contributed by atoms with Crippen LogP contribution in [0.2, 0.25) is 5.02 Å². The molecule has 0 saturated heterocycles. The molecule has 1 unspecified atom stereocenters. The van der Waals surface area contributed by atoms with E-state index in [-0.39, 0.29) is 0 Å². The molecule has 0 spiro atoms. The number of aliphatic hydroxyl groups is 1. The molecule has 0 amide bonds. The Morgan fingerprint density at radius 2 is 2.18 bits per heavy atom. The molecule has 4 nitrogen and oxygen atoms in total. The SMILES string of the molecule is COCCNCC(O)c1cc(Cl)ccc1OC. The second-order valence-electron chi connectivity index (χ2n) is 3.60. The van der Waals surface area contributed by atoms with Gasteiger partial charge in [-0.3, -0.25) is 0 Å². The highest BCUT2D eigenvalue weighted by atomic mass is 35.5. The van der Waals surface area contributed by atoms with Gasteiger partial charge in [-0.15, -0.1) is 0 Å². The van der Waals surface area contributed by atoms with Crippen LogP contribution in [0.4, 0.5) is 0 Å². The minimum absolute atomic E-state index is 0.431. The molecule has 0 aliphatic carbocycles.